The molecule has 0 radical (unpaired) electrons. The molecular formula is C13H17N3O5S. The highest BCUT2D eigenvalue weighted by molar-refractivity contribution is 7.89. The molecule has 1 aliphatic rings. The first-order valence-corrected chi connectivity index (χ1v) is 8.25. The zero-order valence-electron chi connectivity index (χ0n) is 12.1. The standard InChI is InChI=1S/C13H17N3O5S/c1-9-5-6-10(8-12(9)16(18)19)22(20,21)15-7-3-2-4-11(15)13(14)17/h5-6,8,11H,2-4,7H2,1H3,(H2,14,17)/t11-/m1/s1. The number of amides is 1. The summed E-state index contributed by atoms with van der Waals surface area (Å²) in [5, 5.41) is 11.0. The third-order valence-electron chi connectivity index (χ3n) is 3.77. The van der Waals surface area contributed by atoms with Gasteiger partial charge in [0, 0.05) is 18.2 Å². The third kappa shape index (κ3) is 2.95. The summed E-state index contributed by atoms with van der Waals surface area (Å²) in [6, 6.07) is 2.81. The average Bonchev–Trinajstić information content (AvgIpc) is 2.47. The summed E-state index contributed by atoms with van der Waals surface area (Å²) in [4.78, 5) is 21.6. The fourth-order valence-corrected chi connectivity index (χ4v) is 4.24. The number of piperidine rings is 1. The molecule has 0 spiro atoms. The highest BCUT2D eigenvalue weighted by atomic mass is 32.2. The van der Waals surface area contributed by atoms with Gasteiger partial charge in [-0.25, -0.2) is 8.42 Å². The summed E-state index contributed by atoms with van der Waals surface area (Å²) >= 11 is 0. The maximum absolute atomic E-state index is 12.7. The van der Waals surface area contributed by atoms with Crippen molar-refractivity contribution in [2.24, 2.45) is 5.73 Å². The summed E-state index contributed by atoms with van der Waals surface area (Å²) < 4.78 is 26.4. The SMILES string of the molecule is Cc1ccc(S(=O)(=O)N2CCCC[C@@H]2C(N)=O)cc1[N+](=O)[O-]. The first-order chi connectivity index (χ1) is 10.2. The van der Waals surface area contributed by atoms with Gasteiger partial charge in [-0.1, -0.05) is 12.5 Å². The van der Waals surface area contributed by atoms with E-state index in [1.807, 2.05) is 0 Å². The van der Waals surface area contributed by atoms with E-state index in [2.05, 4.69) is 0 Å². The second-order valence-electron chi connectivity index (χ2n) is 5.24. The molecule has 2 N–H and O–H groups in total. The average molecular weight is 327 g/mol. The molecule has 0 unspecified atom stereocenters. The zero-order valence-corrected chi connectivity index (χ0v) is 12.9. The zero-order chi connectivity index (χ0) is 16.5. The van der Waals surface area contributed by atoms with Crippen LogP contribution in [0.2, 0.25) is 0 Å². The topological polar surface area (TPSA) is 124 Å². The van der Waals surface area contributed by atoms with Gasteiger partial charge in [0.05, 0.1) is 9.82 Å². The molecule has 0 aromatic heterocycles. The lowest BCUT2D eigenvalue weighted by atomic mass is 10.0. The maximum Gasteiger partial charge on any atom is 0.273 e. The van der Waals surface area contributed by atoms with E-state index >= 15 is 0 Å². The van der Waals surface area contributed by atoms with E-state index in [0.717, 1.165) is 10.4 Å². The Morgan fingerprint density at radius 1 is 1.41 bits per heavy atom. The Morgan fingerprint density at radius 3 is 2.68 bits per heavy atom. The molecule has 1 aliphatic heterocycles. The van der Waals surface area contributed by atoms with Gasteiger partial charge in [0.1, 0.15) is 6.04 Å². The van der Waals surface area contributed by atoms with Crippen molar-refractivity contribution in [3.05, 3.63) is 33.9 Å². The van der Waals surface area contributed by atoms with Gasteiger partial charge in [0.25, 0.3) is 5.69 Å². The normalized spacial score (nSPS) is 19.8. The van der Waals surface area contributed by atoms with Crippen molar-refractivity contribution < 1.29 is 18.1 Å². The second kappa shape index (κ2) is 6.01. The van der Waals surface area contributed by atoms with Crippen LogP contribution in [0.4, 0.5) is 5.69 Å². The van der Waals surface area contributed by atoms with Gasteiger partial charge in [0.15, 0.2) is 0 Å². The lowest BCUT2D eigenvalue weighted by Gasteiger charge is -2.32. The van der Waals surface area contributed by atoms with Gasteiger partial charge in [0.2, 0.25) is 15.9 Å². The molecule has 0 saturated carbocycles. The molecular weight excluding hydrogens is 310 g/mol. The van der Waals surface area contributed by atoms with Crippen LogP contribution in [-0.4, -0.2) is 36.1 Å². The lowest BCUT2D eigenvalue weighted by Crippen LogP contribution is -2.50. The number of nitrogens with zero attached hydrogens (tertiary/aromatic N) is 2. The number of nitrogens with two attached hydrogens (primary N) is 1. The summed E-state index contributed by atoms with van der Waals surface area (Å²) in [6.45, 7) is 1.71. The molecule has 0 aliphatic carbocycles. The van der Waals surface area contributed by atoms with Crippen molar-refractivity contribution in [1.82, 2.24) is 4.31 Å². The van der Waals surface area contributed by atoms with Crippen molar-refractivity contribution in [3.63, 3.8) is 0 Å². The number of hydrogen-bond donors (Lipinski definition) is 1. The number of carbonyl (C=O) groups is 1. The van der Waals surface area contributed by atoms with Crippen LogP contribution < -0.4 is 5.73 Å². The van der Waals surface area contributed by atoms with Crippen LogP contribution in [0.1, 0.15) is 24.8 Å². The third-order valence-corrected chi connectivity index (χ3v) is 5.67. The van der Waals surface area contributed by atoms with Crippen molar-refractivity contribution in [3.8, 4) is 0 Å². The predicted octanol–water partition coefficient (Wildman–Crippen LogP) is 0.932. The molecule has 1 amide bonds. The van der Waals surface area contributed by atoms with Crippen LogP contribution in [-0.2, 0) is 14.8 Å². The molecule has 22 heavy (non-hydrogen) atoms. The minimum Gasteiger partial charge on any atom is -0.368 e. The number of primary amides is 1. The Balaban J connectivity index is 2.47. The molecule has 1 heterocycles. The van der Waals surface area contributed by atoms with E-state index in [0.29, 0.717) is 24.8 Å². The van der Waals surface area contributed by atoms with Crippen LogP contribution in [0.3, 0.4) is 0 Å². The smallest absolute Gasteiger partial charge is 0.273 e. The molecule has 2 rings (SSSR count). The van der Waals surface area contributed by atoms with E-state index in [-0.39, 0.29) is 17.1 Å². The molecule has 1 fully saturated rings. The maximum atomic E-state index is 12.7. The molecule has 1 aromatic carbocycles. The molecule has 1 saturated heterocycles. The number of sulfonamides is 1. The molecule has 1 aromatic rings. The Kier molecular flexibility index (Phi) is 4.47. The summed E-state index contributed by atoms with van der Waals surface area (Å²) in [6.07, 6.45) is 1.70. The minimum atomic E-state index is -4.00. The highest BCUT2D eigenvalue weighted by Crippen LogP contribution is 2.28. The first-order valence-electron chi connectivity index (χ1n) is 6.81. The fourth-order valence-electron chi connectivity index (χ4n) is 2.56. The van der Waals surface area contributed by atoms with Crippen LogP contribution in [0.15, 0.2) is 23.1 Å². The number of nitro groups is 1. The first kappa shape index (κ1) is 16.4. The van der Waals surface area contributed by atoms with Crippen LogP contribution in [0, 0.1) is 17.0 Å². The molecule has 1 atom stereocenters. The van der Waals surface area contributed by atoms with Gasteiger partial charge in [-0.15, -0.1) is 0 Å². The molecule has 9 heteroatoms. The highest BCUT2D eigenvalue weighted by Gasteiger charge is 2.37. The number of rotatable bonds is 4. The van der Waals surface area contributed by atoms with Crippen molar-refractivity contribution in [2.45, 2.75) is 37.1 Å². The summed E-state index contributed by atoms with van der Waals surface area (Å²) in [7, 11) is -4.00. The summed E-state index contributed by atoms with van der Waals surface area (Å²) in [5.41, 5.74) is 5.38. The second-order valence-corrected chi connectivity index (χ2v) is 7.13. The number of nitro benzene ring substituents is 1. The number of aryl methyl sites for hydroxylation is 1. The van der Waals surface area contributed by atoms with E-state index in [1.54, 1.807) is 0 Å². The Bertz CT molecular complexity index is 716. The van der Waals surface area contributed by atoms with Crippen LogP contribution in [0.25, 0.3) is 0 Å². The van der Waals surface area contributed by atoms with Gasteiger partial charge in [-0.2, -0.15) is 4.31 Å². The van der Waals surface area contributed by atoms with E-state index in [1.165, 1.54) is 19.1 Å². The van der Waals surface area contributed by atoms with Crippen molar-refractivity contribution in [1.29, 1.82) is 0 Å². The van der Waals surface area contributed by atoms with Crippen LogP contribution >= 0.6 is 0 Å². The fraction of sp³-hybridized carbons (Fsp3) is 0.462. The Hall–Kier alpha value is -2.00. The minimum absolute atomic E-state index is 0.178. The molecule has 8 nitrogen and oxygen atoms in total. The van der Waals surface area contributed by atoms with E-state index < -0.39 is 26.9 Å². The number of hydrogen-bond acceptors (Lipinski definition) is 5. The van der Waals surface area contributed by atoms with Gasteiger partial charge >= 0.3 is 0 Å². The number of benzene rings is 1. The Morgan fingerprint density at radius 2 is 2.09 bits per heavy atom. The van der Waals surface area contributed by atoms with Crippen LogP contribution in [0.5, 0.6) is 0 Å². The van der Waals surface area contributed by atoms with Crippen molar-refractivity contribution >= 4 is 21.6 Å². The van der Waals surface area contributed by atoms with Gasteiger partial charge in [-0.3, -0.25) is 14.9 Å². The predicted molar refractivity (Wildman–Crippen MR) is 78.6 cm³/mol. The summed E-state index contributed by atoms with van der Waals surface area (Å²) in [5.74, 6) is -0.704. The Labute approximate surface area is 128 Å². The lowest BCUT2D eigenvalue weighted by molar-refractivity contribution is -0.385. The van der Waals surface area contributed by atoms with Crippen molar-refractivity contribution in [2.75, 3.05) is 6.54 Å². The van der Waals surface area contributed by atoms with Gasteiger partial charge < -0.3 is 5.73 Å². The molecule has 120 valence electrons. The monoisotopic (exact) mass is 327 g/mol. The number of carbonyl (C=O) groups excluding carboxylic acids is 1. The quantitative estimate of drug-likeness (QED) is 0.651. The molecule has 0 bridgehead atoms. The van der Waals surface area contributed by atoms with E-state index in [9.17, 15) is 23.3 Å². The van der Waals surface area contributed by atoms with Gasteiger partial charge in [-0.05, 0) is 25.8 Å². The van der Waals surface area contributed by atoms with E-state index in [4.69, 9.17) is 5.73 Å². The largest absolute Gasteiger partial charge is 0.368 e.